The first-order valence-corrected chi connectivity index (χ1v) is 14.5. The maximum Gasteiger partial charge on any atom is 0.246 e. The van der Waals surface area contributed by atoms with Gasteiger partial charge in [-0.05, 0) is 49.7 Å². The number of aryl methyl sites for hydroxylation is 1. The number of nitrogens with zero attached hydrogens (tertiary/aromatic N) is 2. The Morgan fingerprint density at radius 2 is 1.90 bits per heavy atom. The topological polar surface area (TPSA) is 112 Å². The Morgan fingerprint density at radius 3 is 2.49 bits per heavy atom. The molecule has 0 saturated carbocycles. The summed E-state index contributed by atoms with van der Waals surface area (Å²) in [6, 6.07) is 6.06. The number of nitrogens with one attached hydrogen (secondary N) is 2. The van der Waals surface area contributed by atoms with Crippen molar-refractivity contribution in [3.8, 4) is 10.4 Å². The summed E-state index contributed by atoms with van der Waals surface area (Å²) in [5.74, 6) is -0.868. The van der Waals surface area contributed by atoms with Gasteiger partial charge in [0.2, 0.25) is 17.7 Å². The Labute approximate surface area is 235 Å². The molecule has 39 heavy (non-hydrogen) atoms. The molecule has 1 aromatic heterocycles. The van der Waals surface area contributed by atoms with Crippen molar-refractivity contribution in [1.29, 1.82) is 0 Å². The van der Waals surface area contributed by atoms with Crippen molar-refractivity contribution in [3.63, 3.8) is 0 Å². The Kier molecular flexibility index (Phi) is 10.4. The molecule has 8 nitrogen and oxygen atoms in total. The second-order valence-corrected chi connectivity index (χ2v) is 12.3. The number of likely N-dealkylation sites (tertiary alicyclic amines) is 1. The third-order valence-corrected chi connectivity index (χ3v) is 8.10. The summed E-state index contributed by atoms with van der Waals surface area (Å²) in [5.41, 5.74) is 4.24. The average molecular weight is 555 g/mol. The van der Waals surface area contributed by atoms with Crippen LogP contribution in [0.3, 0.4) is 0 Å². The van der Waals surface area contributed by atoms with Gasteiger partial charge in [-0.3, -0.25) is 14.4 Å². The molecule has 4 atom stereocenters. The molecule has 0 aliphatic carbocycles. The molecular weight excluding hydrogens is 512 g/mol. The molecule has 0 spiro atoms. The van der Waals surface area contributed by atoms with Crippen molar-refractivity contribution in [2.75, 3.05) is 6.54 Å². The van der Waals surface area contributed by atoms with Crippen LogP contribution in [-0.2, 0) is 14.4 Å². The van der Waals surface area contributed by atoms with Gasteiger partial charge in [0.05, 0.1) is 28.2 Å². The molecule has 2 heterocycles. The number of amides is 3. The monoisotopic (exact) mass is 554 g/mol. The summed E-state index contributed by atoms with van der Waals surface area (Å²) in [5, 5.41) is 16.3. The lowest BCUT2D eigenvalue weighted by Crippen LogP contribution is -2.57. The van der Waals surface area contributed by atoms with Gasteiger partial charge in [0, 0.05) is 19.4 Å². The van der Waals surface area contributed by atoms with E-state index in [1.165, 1.54) is 4.90 Å². The van der Waals surface area contributed by atoms with E-state index in [-0.39, 0.29) is 36.7 Å². The quantitative estimate of drug-likeness (QED) is 0.279. The van der Waals surface area contributed by atoms with Crippen LogP contribution in [0, 0.1) is 12.3 Å². The fraction of sp³-hybridized carbons (Fsp3) is 0.533. The summed E-state index contributed by atoms with van der Waals surface area (Å²) in [6.07, 6.45) is 3.89. The highest BCUT2D eigenvalue weighted by atomic mass is 32.1. The summed E-state index contributed by atoms with van der Waals surface area (Å²) in [6.45, 7) is 13.3. The zero-order valence-electron chi connectivity index (χ0n) is 23.7. The van der Waals surface area contributed by atoms with Crippen LogP contribution >= 0.6 is 11.3 Å². The smallest absolute Gasteiger partial charge is 0.246 e. The molecule has 0 bridgehead atoms. The highest BCUT2D eigenvalue weighted by Gasteiger charge is 2.44. The van der Waals surface area contributed by atoms with Crippen LogP contribution in [0.1, 0.15) is 77.1 Å². The third kappa shape index (κ3) is 7.99. The molecule has 1 saturated heterocycles. The number of benzene rings is 1. The Balaban J connectivity index is 1.68. The maximum absolute atomic E-state index is 13.7. The largest absolute Gasteiger partial charge is 0.391 e. The number of carbonyl (C=O) groups is 3. The van der Waals surface area contributed by atoms with E-state index in [2.05, 4.69) is 22.2 Å². The van der Waals surface area contributed by atoms with Crippen LogP contribution < -0.4 is 10.6 Å². The van der Waals surface area contributed by atoms with Crippen LogP contribution in [-0.4, -0.2) is 57.4 Å². The average Bonchev–Trinajstić information content (AvgIpc) is 3.49. The van der Waals surface area contributed by atoms with Gasteiger partial charge in [0.15, 0.2) is 0 Å². The molecule has 0 radical (unpaired) electrons. The minimum atomic E-state index is -0.816. The van der Waals surface area contributed by atoms with E-state index in [0.29, 0.717) is 12.8 Å². The molecule has 1 aromatic carbocycles. The number of carbonyl (C=O) groups excluding carboxylic acids is 3. The normalized spacial score (nSPS) is 18.9. The first-order chi connectivity index (χ1) is 18.4. The zero-order chi connectivity index (χ0) is 28.7. The minimum absolute atomic E-state index is 0.0516. The van der Waals surface area contributed by atoms with Gasteiger partial charge >= 0.3 is 0 Å². The number of β-amino-alcohol motifs (C(OH)–C–C–N with tert-alkyl or cyclic N) is 1. The van der Waals surface area contributed by atoms with Crippen LogP contribution in [0.4, 0.5) is 0 Å². The van der Waals surface area contributed by atoms with Crippen LogP contribution in [0.5, 0.6) is 0 Å². The van der Waals surface area contributed by atoms with Crippen LogP contribution in [0.2, 0.25) is 0 Å². The molecule has 9 heteroatoms. The number of aromatic nitrogens is 1. The standard InChI is InChI=1S/C30H42N4O4S/c1-7-8-9-10-11-25(36)33-27(30(4,5)6)29(38)34-17-23(35)16-24(34)28(37)32-19(2)21-12-14-22(15-13-21)26-20(3)31-18-39-26/h7,12-15,18-19,23-24,27,35H,1,8-11,16-17H2,2-6H3,(H,32,37)(H,33,36)/t19-,23+,24-,27+/m0/s1. The van der Waals surface area contributed by atoms with E-state index in [1.807, 2.05) is 70.5 Å². The molecule has 2 aromatic rings. The number of aliphatic hydroxyl groups excluding tert-OH is 1. The van der Waals surface area contributed by atoms with Crippen molar-refractivity contribution < 1.29 is 19.5 Å². The van der Waals surface area contributed by atoms with E-state index in [4.69, 9.17) is 0 Å². The maximum atomic E-state index is 13.7. The number of rotatable bonds is 11. The summed E-state index contributed by atoms with van der Waals surface area (Å²) < 4.78 is 0. The van der Waals surface area contributed by atoms with E-state index in [9.17, 15) is 19.5 Å². The predicted molar refractivity (Wildman–Crippen MR) is 155 cm³/mol. The van der Waals surface area contributed by atoms with Gasteiger partial charge in [-0.25, -0.2) is 4.98 Å². The fourth-order valence-corrected chi connectivity index (χ4v) is 5.63. The highest BCUT2D eigenvalue weighted by molar-refractivity contribution is 7.13. The molecule has 0 unspecified atom stereocenters. The molecule has 212 valence electrons. The summed E-state index contributed by atoms with van der Waals surface area (Å²) in [4.78, 5) is 46.6. The van der Waals surface area contributed by atoms with E-state index >= 15 is 0 Å². The van der Waals surface area contributed by atoms with Gasteiger partial charge < -0.3 is 20.6 Å². The van der Waals surface area contributed by atoms with Crippen molar-refractivity contribution in [2.45, 2.75) is 91.0 Å². The SMILES string of the molecule is C=CCCCCC(=O)N[C@H](C(=O)N1C[C@H](O)C[C@H]1C(=O)N[C@@H](C)c1ccc(-c2scnc2C)cc1)C(C)(C)C. The molecule has 1 aliphatic rings. The molecule has 1 aliphatic heterocycles. The summed E-state index contributed by atoms with van der Waals surface area (Å²) in [7, 11) is 0. The fourth-order valence-electron chi connectivity index (χ4n) is 4.82. The van der Waals surface area contributed by atoms with Crippen molar-refractivity contribution in [1.82, 2.24) is 20.5 Å². The van der Waals surface area contributed by atoms with Crippen molar-refractivity contribution >= 4 is 29.1 Å². The highest BCUT2D eigenvalue weighted by Crippen LogP contribution is 2.29. The molecule has 1 fully saturated rings. The van der Waals surface area contributed by atoms with Gasteiger partial charge in [0.1, 0.15) is 12.1 Å². The second kappa shape index (κ2) is 13.3. The van der Waals surface area contributed by atoms with Crippen molar-refractivity contribution in [2.24, 2.45) is 5.41 Å². The van der Waals surface area contributed by atoms with Gasteiger partial charge in [-0.15, -0.1) is 17.9 Å². The van der Waals surface area contributed by atoms with Crippen molar-refractivity contribution in [3.05, 3.63) is 53.7 Å². The molecule has 3 amide bonds. The molecule has 3 N–H and O–H groups in total. The van der Waals surface area contributed by atoms with Crippen LogP contribution in [0.25, 0.3) is 10.4 Å². The number of thiazole rings is 1. The Bertz CT molecular complexity index is 1150. The predicted octanol–water partition coefficient (Wildman–Crippen LogP) is 4.53. The van der Waals surface area contributed by atoms with Gasteiger partial charge in [-0.1, -0.05) is 51.1 Å². The lowest BCUT2D eigenvalue weighted by Gasteiger charge is -2.35. The van der Waals surface area contributed by atoms with E-state index in [0.717, 1.165) is 34.5 Å². The number of aliphatic hydroxyl groups is 1. The number of allylic oxidation sites excluding steroid dienone is 1. The Morgan fingerprint density at radius 1 is 1.21 bits per heavy atom. The summed E-state index contributed by atoms with van der Waals surface area (Å²) >= 11 is 1.59. The number of unbranched alkanes of at least 4 members (excludes halogenated alkanes) is 2. The first-order valence-electron chi connectivity index (χ1n) is 13.6. The number of hydrogen-bond acceptors (Lipinski definition) is 6. The lowest BCUT2D eigenvalue weighted by molar-refractivity contribution is -0.144. The van der Waals surface area contributed by atoms with E-state index in [1.54, 1.807) is 11.3 Å². The Hall–Kier alpha value is -3.04. The van der Waals surface area contributed by atoms with Crippen LogP contribution in [0.15, 0.2) is 42.4 Å². The van der Waals surface area contributed by atoms with E-state index < -0.39 is 23.6 Å². The lowest BCUT2D eigenvalue weighted by atomic mass is 9.85. The molecule has 3 rings (SSSR count). The number of hydrogen-bond donors (Lipinski definition) is 3. The minimum Gasteiger partial charge on any atom is -0.391 e. The second-order valence-electron chi connectivity index (χ2n) is 11.4. The van der Waals surface area contributed by atoms with Gasteiger partial charge in [-0.2, -0.15) is 0 Å². The first kappa shape index (κ1) is 30.5. The van der Waals surface area contributed by atoms with Gasteiger partial charge in [0.25, 0.3) is 0 Å². The molecular formula is C30H42N4O4S. The third-order valence-electron chi connectivity index (χ3n) is 7.12. The zero-order valence-corrected chi connectivity index (χ0v) is 24.5.